The smallest absolute Gasteiger partial charge is 0.121 e. The van der Waals surface area contributed by atoms with Crippen LogP contribution in [0.15, 0.2) is 0 Å². The van der Waals surface area contributed by atoms with Crippen LogP contribution in [0.25, 0.3) is 0 Å². The highest BCUT2D eigenvalue weighted by atomic mass is 28.3. The molecule has 0 aliphatic carbocycles. The first-order chi connectivity index (χ1) is 5.15. The molecule has 0 N–H and O–H groups in total. The van der Waals surface area contributed by atoms with Crippen LogP contribution >= 0.6 is 0 Å². The summed E-state index contributed by atoms with van der Waals surface area (Å²) in [5, 5.41) is 0. The Bertz CT molecular complexity index is 133. The fraction of sp³-hybridized carbons (Fsp3) is 1.00. The van der Waals surface area contributed by atoms with Crippen molar-refractivity contribution in [3.63, 3.8) is 0 Å². The third-order valence-electron chi connectivity index (χ3n) is 2.70. The van der Waals surface area contributed by atoms with Crippen molar-refractivity contribution in [1.82, 2.24) is 4.57 Å². The Morgan fingerprint density at radius 1 is 1.08 bits per heavy atom. The van der Waals surface area contributed by atoms with Gasteiger partial charge in [-0.15, -0.1) is 0 Å². The third-order valence-corrected chi connectivity index (χ3v) is 6.59. The van der Waals surface area contributed by atoms with E-state index in [-0.39, 0.29) is 0 Å². The number of nitrogens with zero attached hydrogens (tertiary/aromatic N) is 1. The average molecular weight is 187 g/mol. The molecule has 0 atom stereocenters. The molecule has 12 heavy (non-hydrogen) atoms. The van der Waals surface area contributed by atoms with Crippen LogP contribution < -0.4 is 0 Å². The fourth-order valence-electron chi connectivity index (χ4n) is 0.905. The van der Waals surface area contributed by atoms with Gasteiger partial charge in [0.25, 0.3) is 0 Å². The minimum atomic E-state index is -1.06. The van der Waals surface area contributed by atoms with Gasteiger partial charge in [-0.3, -0.25) is 0 Å². The van der Waals surface area contributed by atoms with Crippen molar-refractivity contribution >= 4 is 8.24 Å². The summed E-state index contributed by atoms with van der Waals surface area (Å²) in [6, 6.07) is 1.41. The molecule has 0 rings (SSSR count). The predicted molar refractivity (Wildman–Crippen MR) is 60.0 cm³/mol. The van der Waals surface area contributed by atoms with Gasteiger partial charge in [0.2, 0.25) is 0 Å². The van der Waals surface area contributed by atoms with Crippen LogP contribution in [0.5, 0.6) is 0 Å². The normalized spacial score (nSPS) is 14.0. The van der Waals surface area contributed by atoms with Gasteiger partial charge >= 0.3 is 0 Å². The Morgan fingerprint density at radius 2 is 1.50 bits per heavy atom. The quantitative estimate of drug-likeness (QED) is 0.613. The second-order valence-electron chi connectivity index (χ2n) is 5.77. The van der Waals surface area contributed by atoms with E-state index in [0.29, 0.717) is 5.41 Å². The van der Waals surface area contributed by atoms with E-state index in [1.807, 2.05) is 0 Å². The lowest BCUT2D eigenvalue weighted by Crippen LogP contribution is -2.43. The number of hydrogen-bond acceptors (Lipinski definition) is 1. The zero-order valence-electron chi connectivity index (χ0n) is 9.86. The van der Waals surface area contributed by atoms with Crippen LogP contribution in [-0.2, 0) is 0 Å². The molecule has 0 aromatic rings. The molecule has 0 spiro atoms. The molecule has 0 unspecified atom stereocenters. The lowest BCUT2D eigenvalue weighted by Gasteiger charge is -2.32. The largest absolute Gasteiger partial charge is 0.329 e. The predicted octanol–water partition coefficient (Wildman–Crippen LogP) is 3.19. The molecule has 0 bridgehead atoms. The Hall–Kier alpha value is 0.177. The van der Waals surface area contributed by atoms with Crippen molar-refractivity contribution in [2.24, 2.45) is 5.41 Å². The van der Waals surface area contributed by atoms with E-state index in [1.54, 1.807) is 0 Å². The second-order valence-corrected chi connectivity index (χ2v) is 10.8. The summed E-state index contributed by atoms with van der Waals surface area (Å²) in [4.78, 5) is 0. The molecule has 74 valence electrons. The highest BCUT2D eigenvalue weighted by molar-refractivity contribution is 6.74. The fourth-order valence-corrected chi connectivity index (χ4v) is 2.71. The molecule has 0 aromatic carbocycles. The van der Waals surface area contributed by atoms with Gasteiger partial charge in [-0.1, -0.05) is 33.9 Å². The van der Waals surface area contributed by atoms with Crippen LogP contribution in [0, 0.1) is 5.41 Å². The lowest BCUT2D eigenvalue weighted by atomic mass is 9.94. The number of rotatable bonds is 3. The van der Waals surface area contributed by atoms with Crippen molar-refractivity contribution in [2.45, 2.75) is 46.3 Å². The van der Waals surface area contributed by atoms with Gasteiger partial charge in [0.05, 0.1) is 0 Å². The summed E-state index contributed by atoms with van der Waals surface area (Å²) >= 11 is 0. The standard InChI is InChI=1S/C10H25NSi/c1-10(2,3)8-9-12(6,7)11(4)5/h8-9H2,1-7H3. The van der Waals surface area contributed by atoms with E-state index in [2.05, 4.69) is 52.5 Å². The molecule has 0 aromatic heterocycles. The van der Waals surface area contributed by atoms with E-state index < -0.39 is 8.24 Å². The highest BCUT2D eigenvalue weighted by Gasteiger charge is 2.25. The van der Waals surface area contributed by atoms with Crippen molar-refractivity contribution in [2.75, 3.05) is 14.1 Å². The van der Waals surface area contributed by atoms with Gasteiger partial charge < -0.3 is 4.57 Å². The summed E-state index contributed by atoms with van der Waals surface area (Å²) < 4.78 is 2.44. The molecule has 0 radical (unpaired) electrons. The molecule has 0 saturated heterocycles. The Kier molecular flexibility index (Phi) is 3.98. The molecular formula is C10H25NSi. The van der Waals surface area contributed by atoms with Gasteiger partial charge in [0.1, 0.15) is 8.24 Å². The topological polar surface area (TPSA) is 3.24 Å². The maximum atomic E-state index is 2.44. The molecule has 0 saturated carbocycles. The summed E-state index contributed by atoms with van der Waals surface area (Å²) in [5.74, 6) is 0. The van der Waals surface area contributed by atoms with Crippen molar-refractivity contribution < 1.29 is 0 Å². The Balaban J connectivity index is 3.93. The van der Waals surface area contributed by atoms with Gasteiger partial charge in [-0.2, -0.15) is 0 Å². The van der Waals surface area contributed by atoms with E-state index in [0.717, 1.165) is 0 Å². The molecule has 0 aliphatic heterocycles. The Morgan fingerprint density at radius 3 is 1.75 bits per heavy atom. The van der Waals surface area contributed by atoms with Crippen LogP contribution in [0.1, 0.15) is 27.2 Å². The summed E-state index contributed by atoms with van der Waals surface area (Å²) in [7, 11) is 3.38. The minimum Gasteiger partial charge on any atom is -0.329 e. The summed E-state index contributed by atoms with van der Waals surface area (Å²) in [6.07, 6.45) is 1.35. The minimum absolute atomic E-state index is 0.500. The van der Waals surface area contributed by atoms with Crippen LogP contribution in [0.2, 0.25) is 19.1 Å². The molecule has 0 amide bonds. The van der Waals surface area contributed by atoms with Gasteiger partial charge in [-0.05, 0) is 32.0 Å². The van der Waals surface area contributed by atoms with Crippen molar-refractivity contribution in [3.05, 3.63) is 0 Å². The molecule has 2 heteroatoms. The second kappa shape index (κ2) is 3.92. The molecule has 0 aliphatic rings. The molecule has 0 heterocycles. The Labute approximate surface area is 79.2 Å². The average Bonchev–Trinajstić information content (AvgIpc) is 1.82. The SMILES string of the molecule is CN(C)[Si](C)(C)CCC(C)(C)C. The van der Waals surface area contributed by atoms with E-state index >= 15 is 0 Å². The van der Waals surface area contributed by atoms with Gasteiger partial charge in [-0.25, -0.2) is 0 Å². The van der Waals surface area contributed by atoms with Crippen molar-refractivity contribution in [1.29, 1.82) is 0 Å². The van der Waals surface area contributed by atoms with E-state index in [4.69, 9.17) is 0 Å². The van der Waals surface area contributed by atoms with E-state index in [9.17, 15) is 0 Å². The van der Waals surface area contributed by atoms with E-state index in [1.165, 1.54) is 12.5 Å². The first kappa shape index (κ1) is 12.2. The first-order valence-corrected chi connectivity index (χ1v) is 7.98. The van der Waals surface area contributed by atoms with Crippen molar-refractivity contribution in [3.8, 4) is 0 Å². The molecular weight excluding hydrogens is 162 g/mol. The highest BCUT2D eigenvalue weighted by Crippen LogP contribution is 2.26. The van der Waals surface area contributed by atoms with Gasteiger partial charge in [0, 0.05) is 0 Å². The molecule has 0 fully saturated rings. The van der Waals surface area contributed by atoms with Crippen LogP contribution in [0.3, 0.4) is 0 Å². The van der Waals surface area contributed by atoms with Crippen LogP contribution in [0.4, 0.5) is 0 Å². The monoisotopic (exact) mass is 187 g/mol. The summed E-state index contributed by atoms with van der Waals surface area (Å²) in [5.41, 5.74) is 0.500. The zero-order chi connectivity index (χ0) is 9.99. The lowest BCUT2D eigenvalue weighted by molar-refractivity contribution is 0.391. The zero-order valence-corrected chi connectivity index (χ0v) is 10.9. The first-order valence-electron chi connectivity index (χ1n) is 4.83. The van der Waals surface area contributed by atoms with Crippen LogP contribution in [-0.4, -0.2) is 26.9 Å². The van der Waals surface area contributed by atoms with Gasteiger partial charge in [0.15, 0.2) is 0 Å². The third kappa shape index (κ3) is 4.94. The maximum absolute atomic E-state index is 2.44. The maximum Gasteiger partial charge on any atom is 0.121 e. The molecule has 1 nitrogen and oxygen atoms in total. The number of hydrogen-bond donors (Lipinski definition) is 0. The summed E-state index contributed by atoms with van der Waals surface area (Å²) in [6.45, 7) is 11.9.